The highest BCUT2D eigenvalue weighted by atomic mass is 79.9. The Morgan fingerprint density at radius 1 is 1.15 bits per heavy atom. The quantitative estimate of drug-likeness (QED) is 0.725. The minimum Gasteiger partial charge on any atom is -0.311 e. The Bertz CT molecular complexity index is 1020. The summed E-state index contributed by atoms with van der Waals surface area (Å²) in [6, 6.07) is 11.8. The molecule has 1 aliphatic heterocycles. The second-order valence-electron chi connectivity index (χ2n) is 6.50. The number of nitrogens with one attached hydrogen (secondary N) is 1. The Balaban J connectivity index is 1.77. The molecule has 2 aromatic carbocycles. The van der Waals surface area contributed by atoms with Crippen LogP contribution in [0.2, 0.25) is 0 Å². The fourth-order valence-corrected chi connectivity index (χ4v) is 4.58. The molecule has 1 heterocycles. The summed E-state index contributed by atoms with van der Waals surface area (Å²) in [6.45, 7) is 4.02. The normalized spacial score (nSPS) is 17.2. The number of hydrogen-bond acceptors (Lipinski definition) is 4. The number of carbonyl (C=O) groups excluding carboxylic acids is 2. The monoisotopic (exact) mass is 450 g/mol. The maximum absolute atomic E-state index is 12.7. The summed E-state index contributed by atoms with van der Waals surface area (Å²) < 4.78 is 27.8. The summed E-state index contributed by atoms with van der Waals surface area (Å²) in [5, 5.41) is 0. The van der Waals surface area contributed by atoms with Gasteiger partial charge in [-0.05, 0) is 71.6 Å². The zero-order valence-electron chi connectivity index (χ0n) is 14.9. The number of benzene rings is 2. The molecule has 1 saturated heterocycles. The van der Waals surface area contributed by atoms with Crippen molar-refractivity contribution in [3.8, 4) is 0 Å². The lowest BCUT2D eigenvalue weighted by molar-refractivity contribution is -0.130. The zero-order valence-corrected chi connectivity index (χ0v) is 17.3. The lowest BCUT2D eigenvalue weighted by Gasteiger charge is -2.18. The largest absolute Gasteiger partial charge is 0.311 e. The third-order valence-corrected chi connectivity index (χ3v) is 6.70. The van der Waals surface area contributed by atoms with Crippen LogP contribution in [0.3, 0.4) is 0 Å². The Morgan fingerprint density at radius 2 is 1.85 bits per heavy atom. The first kappa shape index (κ1) is 19.6. The van der Waals surface area contributed by atoms with E-state index in [1.165, 1.54) is 17.0 Å². The van der Waals surface area contributed by atoms with Crippen LogP contribution in [0.1, 0.15) is 17.5 Å². The highest BCUT2D eigenvalue weighted by Crippen LogP contribution is 2.31. The van der Waals surface area contributed by atoms with E-state index in [1.54, 1.807) is 31.2 Å². The SMILES string of the molecule is Cc1ccc(S(=O)(=O)NC(=O)C2CCN(c3ccccc3Br)C2=O)cc1C. The van der Waals surface area contributed by atoms with Crippen LogP contribution in [-0.2, 0) is 19.6 Å². The summed E-state index contributed by atoms with van der Waals surface area (Å²) in [6.07, 6.45) is 0.258. The van der Waals surface area contributed by atoms with Crippen molar-refractivity contribution in [2.75, 3.05) is 11.4 Å². The van der Waals surface area contributed by atoms with Gasteiger partial charge >= 0.3 is 0 Å². The number of amides is 2. The Hall–Kier alpha value is -2.19. The van der Waals surface area contributed by atoms with Gasteiger partial charge in [0, 0.05) is 11.0 Å². The molecule has 3 rings (SSSR count). The maximum Gasteiger partial charge on any atom is 0.264 e. The van der Waals surface area contributed by atoms with Crippen molar-refractivity contribution in [3.63, 3.8) is 0 Å². The Morgan fingerprint density at radius 3 is 2.52 bits per heavy atom. The number of halogens is 1. The number of hydrogen-bond donors (Lipinski definition) is 1. The predicted molar refractivity (Wildman–Crippen MR) is 106 cm³/mol. The fraction of sp³-hybridized carbons (Fsp3) is 0.263. The van der Waals surface area contributed by atoms with Gasteiger partial charge in [0.25, 0.3) is 10.0 Å². The lowest BCUT2D eigenvalue weighted by Crippen LogP contribution is -2.39. The standard InChI is InChI=1S/C19H19BrN2O4S/c1-12-7-8-14(11-13(12)2)27(25,26)21-18(23)15-9-10-22(19(15)24)17-6-4-3-5-16(17)20/h3-8,11,15H,9-10H2,1-2H3,(H,21,23). The van der Waals surface area contributed by atoms with Gasteiger partial charge in [-0.15, -0.1) is 0 Å². The molecular weight excluding hydrogens is 432 g/mol. The first-order valence-electron chi connectivity index (χ1n) is 8.40. The number of aryl methyl sites for hydroxylation is 2. The van der Waals surface area contributed by atoms with E-state index in [-0.39, 0.29) is 11.3 Å². The number of para-hydroxylation sites is 1. The van der Waals surface area contributed by atoms with Crippen molar-refractivity contribution >= 4 is 43.5 Å². The fourth-order valence-electron chi connectivity index (χ4n) is 2.98. The third kappa shape index (κ3) is 3.91. The van der Waals surface area contributed by atoms with Crippen LogP contribution in [-0.4, -0.2) is 26.8 Å². The van der Waals surface area contributed by atoms with Crippen LogP contribution in [0.15, 0.2) is 51.8 Å². The number of rotatable bonds is 4. The average molecular weight is 451 g/mol. The van der Waals surface area contributed by atoms with Gasteiger partial charge in [-0.25, -0.2) is 13.1 Å². The molecule has 1 fully saturated rings. The van der Waals surface area contributed by atoms with Crippen LogP contribution >= 0.6 is 15.9 Å². The number of anilines is 1. The molecule has 1 N–H and O–H groups in total. The molecule has 0 bridgehead atoms. The zero-order chi connectivity index (χ0) is 19.8. The van der Waals surface area contributed by atoms with E-state index >= 15 is 0 Å². The summed E-state index contributed by atoms with van der Waals surface area (Å²) in [5.74, 6) is -2.24. The molecule has 142 valence electrons. The van der Waals surface area contributed by atoms with Gasteiger partial charge in [0.1, 0.15) is 5.92 Å². The summed E-state index contributed by atoms with van der Waals surface area (Å²) in [7, 11) is -4.03. The predicted octanol–water partition coefficient (Wildman–Crippen LogP) is 2.92. The summed E-state index contributed by atoms with van der Waals surface area (Å²) in [5.41, 5.74) is 2.42. The van der Waals surface area contributed by atoms with Gasteiger partial charge in [0.2, 0.25) is 11.8 Å². The van der Waals surface area contributed by atoms with Crippen LogP contribution in [0.5, 0.6) is 0 Å². The first-order valence-corrected chi connectivity index (χ1v) is 10.7. The van der Waals surface area contributed by atoms with Crippen molar-refractivity contribution in [2.24, 2.45) is 5.92 Å². The number of sulfonamides is 1. The molecule has 2 aromatic rings. The van der Waals surface area contributed by atoms with Gasteiger partial charge in [-0.1, -0.05) is 18.2 Å². The number of nitrogens with zero attached hydrogens (tertiary/aromatic N) is 1. The second-order valence-corrected chi connectivity index (χ2v) is 9.04. The van der Waals surface area contributed by atoms with Crippen LogP contribution < -0.4 is 9.62 Å². The lowest BCUT2D eigenvalue weighted by atomic mass is 10.1. The van der Waals surface area contributed by atoms with Crippen molar-refractivity contribution in [1.29, 1.82) is 0 Å². The van der Waals surface area contributed by atoms with E-state index in [0.29, 0.717) is 12.2 Å². The van der Waals surface area contributed by atoms with Crippen molar-refractivity contribution in [3.05, 3.63) is 58.1 Å². The van der Waals surface area contributed by atoms with E-state index in [9.17, 15) is 18.0 Å². The molecule has 2 amide bonds. The van der Waals surface area contributed by atoms with Gasteiger partial charge < -0.3 is 4.90 Å². The van der Waals surface area contributed by atoms with Crippen LogP contribution in [0.4, 0.5) is 5.69 Å². The highest BCUT2D eigenvalue weighted by Gasteiger charge is 2.39. The van der Waals surface area contributed by atoms with Crippen LogP contribution in [0, 0.1) is 19.8 Å². The minimum atomic E-state index is -4.03. The molecule has 27 heavy (non-hydrogen) atoms. The van der Waals surface area contributed by atoms with Crippen molar-refractivity contribution in [1.82, 2.24) is 4.72 Å². The molecule has 1 aliphatic rings. The van der Waals surface area contributed by atoms with Gasteiger partial charge in [0.05, 0.1) is 10.6 Å². The smallest absolute Gasteiger partial charge is 0.264 e. The van der Waals surface area contributed by atoms with Crippen molar-refractivity contribution in [2.45, 2.75) is 25.2 Å². The van der Waals surface area contributed by atoms with E-state index < -0.39 is 27.8 Å². The van der Waals surface area contributed by atoms with Gasteiger partial charge in [-0.3, -0.25) is 9.59 Å². The Labute approximate surface area is 166 Å². The minimum absolute atomic E-state index is 0.00653. The molecular formula is C19H19BrN2O4S. The number of carbonyl (C=O) groups is 2. The average Bonchev–Trinajstić information content (AvgIpc) is 2.99. The van der Waals surface area contributed by atoms with E-state index in [4.69, 9.17) is 0 Å². The third-order valence-electron chi connectivity index (χ3n) is 4.69. The van der Waals surface area contributed by atoms with Gasteiger partial charge in [0.15, 0.2) is 0 Å². The molecule has 0 saturated carbocycles. The topological polar surface area (TPSA) is 83.6 Å². The first-order chi connectivity index (χ1) is 12.7. The van der Waals surface area contributed by atoms with Gasteiger partial charge in [-0.2, -0.15) is 0 Å². The second kappa shape index (κ2) is 7.44. The molecule has 1 unspecified atom stereocenters. The highest BCUT2D eigenvalue weighted by molar-refractivity contribution is 9.10. The van der Waals surface area contributed by atoms with E-state index in [0.717, 1.165) is 15.6 Å². The molecule has 0 aromatic heterocycles. The molecule has 1 atom stereocenters. The maximum atomic E-state index is 12.7. The Kier molecular flexibility index (Phi) is 5.39. The van der Waals surface area contributed by atoms with E-state index in [1.807, 2.05) is 13.0 Å². The molecule has 0 spiro atoms. The molecule has 0 radical (unpaired) electrons. The molecule has 0 aliphatic carbocycles. The summed E-state index contributed by atoms with van der Waals surface area (Å²) in [4.78, 5) is 26.7. The summed E-state index contributed by atoms with van der Waals surface area (Å²) >= 11 is 3.39. The molecule has 8 heteroatoms. The van der Waals surface area contributed by atoms with E-state index in [2.05, 4.69) is 20.7 Å². The van der Waals surface area contributed by atoms with Crippen molar-refractivity contribution < 1.29 is 18.0 Å². The molecule has 6 nitrogen and oxygen atoms in total. The van der Waals surface area contributed by atoms with Crippen LogP contribution in [0.25, 0.3) is 0 Å².